The van der Waals surface area contributed by atoms with Crippen molar-refractivity contribution in [1.29, 1.82) is 0 Å². The van der Waals surface area contributed by atoms with Gasteiger partial charge in [0.15, 0.2) is 0 Å². The number of likely N-dealkylation sites (tertiary alicyclic amines) is 1. The number of carbonyl (C=O) groups is 1. The van der Waals surface area contributed by atoms with Gasteiger partial charge in [-0.1, -0.05) is 18.2 Å². The lowest BCUT2D eigenvalue weighted by molar-refractivity contribution is -0.110. The average molecular weight is 408 g/mol. The van der Waals surface area contributed by atoms with E-state index < -0.39 is 0 Å². The number of piperidine rings is 1. The lowest BCUT2D eigenvalue weighted by Crippen LogP contribution is -2.35. The van der Waals surface area contributed by atoms with Crippen molar-refractivity contribution in [3.05, 3.63) is 64.5 Å². The maximum absolute atomic E-state index is 13.8. The van der Waals surface area contributed by atoms with Crippen LogP contribution in [0, 0.1) is 11.7 Å². The van der Waals surface area contributed by atoms with Gasteiger partial charge in [0.2, 0.25) is 0 Å². The zero-order valence-corrected chi connectivity index (χ0v) is 16.8. The van der Waals surface area contributed by atoms with Crippen LogP contribution >= 0.6 is 0 Å². The van der Waals surface area contributed by atoms with Gasteiger partial charge in [0.25, 0.3) is 5.91 Å². The lowest BCUT2D eigenvalue weighted by Gasteiger charge is -2.32. The topological polar surface area (TPSA) is 61.8 Å². The monoisotopic (exact) mass is 408 g/mol. The third-order valence-electron chi connectivity index (χ3n) is 6.29. The maximum Gasteiger partial charge on any atom is 0.260 e. The van der Waals surface area contributed by atoms with Crippen LogP contribution < -0.4 is 5.32 Å². The summed E-state index contributed by atoms with van der Waals surface area (Å²) in [6, 6.07) is 10.6. The standard InChI is InChI=1S/C24H25FN2O3/c25-18-4-6-21-20(11-18)22(24(29)26-21)23-19-5-3-16(10-17(19)14-30-23)13-27-8-1-2-15(12-27)7-9-28/h3-6,10-11,15,28H,1-2,7-9,12-14H2,(H,26,29)/b23-22+. The van der Waals surface area contributed by atoms with E-state index in [0.717, 1.165) is 37.2 Å². The zero-order chi connectivity index (χ0) is 20.7. The van der Waals surface area contributed by atoms with Gasteiger partial charge in [-0.25, -0.2) is 4.39 Å². The summed E-state index contributed by atoms with van der Waals surface area (Å²) in [6.45, 7) is 3.63. The molecule has 5 rings (SSSR count). The normalized spacial score (nSPS) is 23.1. The molecule has 6 heteroatoms. The molecule has 3 aliphatic rings. The molecule has 1 amide bonds. The van der Waals surface area contributed by atoms with Crippen LogP contribution in [0.5, 0.6) is 0 Å². The summed E-state index contributed by atoms with van der Waals surface area (Å²) in [5.41, 5.74) is 4.74. The van der Waals surface area contributed by atoms with Crippen LogP contribution in [-0.2, 0) is 22.7 Å². The molecule has 1 atom stereocenters. The molecular weight excluding hydrogens is 383 g/mol. The second kappa shape index (κ2) is 7.85. The fourth-order valence-corrected chi connectivity index (χ4v) is 4.86. The molecule has 156 valence electrons. The summed E-state index contributed by atoms with van der Waals surface area (Å²) < 4.78 is 19.7. The van der Waals surface area contributed by atoms with E-state index in [9.17, 15) is 14.3 Å². The Balaban J connectivity index is 1.41. The number of anilines is 1. The van der Waals surface area contributed by atoms with E-state index in [1.807, 2.05) is 6.07 Å². The van der Waals surface area contributed by atoms with E-state index in [1.54, 1.807) is 6.07 Å². The van der Waals surface area contributed by atoms with Crippen LogP contribution in [0.3, 0.4) is 0 Å². The van der Waals surface area contributed by atoms with Crippen LogP contribution in [0.15, 0.2) is 36.4 Å². The summed E-state index contributed by atoms with van der Waals surface area (Å²) in [6.07, 6.45) is 3.23. The predicted molar refractivity (Wildman–Crippen MR) is 113 cm³/mol. The lowest BCUT2D eigenvalue weighted by atomic mass is 9.94. The smallest absolute Gasteiger partial charge is 0.260 e. The molecule has 0 radical (unpaired) electrons. The number of halogens is 1. The van der Waals surface area contributed by atoms with Crippen LogP contribution in [0.1, 0.15) is 41.5 Å². The molecule has 1 saturated heterocycles. The second-order valence-corrected chi connectivity index (χ2v) is 8.38. The van der Waals surface area contributed by atoms with E-state index in [1.165, 1.54) is 30.5 Å². The molecule has 0 spiro atoms. The van der Waals surface area contributed by atoms with Crippen molar-refractivity contribution in [1.82, 2.24) is 4.90 Å². The Hall–Kier alpha value is -2.70. The minimum Gasteiger partial charge on any atom is -0.487 e. The Morgan fingerprint density at radius 2 is 2.10 bits per heavy atom. The number of aliphatic hydroxyl groups excluding tert-OH is 1. The summed E-state index contributed by atoms with van der Waals surface area (Å²) in [5, 5.41) is 12.0. The first-order valence-electron chi connectivity index (χ1n) is 10.6. The molecule has 3 heterocycles. The fraction of sp³-hybridized carbons (Fsp3) is 0.375. The minimum atomic E-state index is -0.377. The molecule has 2 N–H and O–H groups in total. The third kappa shape index (κ3) is 3.50. The Bertz CT molecular complexity index is 1030. The highest BCUT2D eigenvalue weighted by molar-refractivity contribution is 6.36. The second-order valence-electron chi connectivity index (χ2n) is 8.38. The Morgan fingerprint density at radius 1 is 1.20 bits per heavy atom. The van der Waals surface area contributed by atoms with Gasteiger partial charge >= 0.3 is 0 Å². The van der Waals surface area contributed by atoms with Crippen molar-refractivity contribution in [2.24, 2.45) is 5.92 Å². The number of benzene rings is 2. The highest BCUT2D eigenvalue weighted by Crippen LogP contribution is 2.42. The number of hydrogen-bond donors (Lipinski definition) is 2. The molecule has 1 fully saturated rings. The van der Waals surface area contributed by atoms with Gasteiger partial charge in [0.05, 0.1) is 5.57 Å². The number of aliphatic hydroxyl groups is 1. The van der Waals surface area contributed by atoms with E-state index in [2.05, 4.69) is 22.3 Å². The van der Waals surface area contributed by atoms with Crippen molar-refractivity contribution in [2.75, 3.05) is 25.0 Å². The number of amides is 1. The summed E-state index contributed by atoms with van der Waals surface area (Å²) >= 11 is 0. The molecule has 0 aliphatic carbocycles. The van der Waals surface area contributed by atoms with Crippen molar-refractivity contribution >= 4 is 22.9 Å². The van der Waals surface area contributed by atoms with Gasteiger partial charge in [-0.2, -0.15) is 0 Å². The zero-order valence-electron chi connectivity index (χ0n) is 16.8. The van der Waals surface area contributed by atoms with E-state index in [0.29, 0.717) is 35.1 Å². The van der Waals surface area contributed by atoms with Gasteiger partial charge in [-0.3, -0.25) is 9.69 Å². The third-order valence-corrected chi connectivity index (χ3v) is 6.29. The van der Waals surface area contributed by atoms with Gasteiger partial charge in [0, 0.05) is 42.1 Å². The first kappa shape index (κ1) is 19.3. The molecule has 1 unspecified atom stereocenters. The van der Waals surface area contributed by atoms with Crippen LogP contribution in [0.2, 0.25) is 0 Å². The Kier molecular flexibility index (Phi) is 5.05. The molecule has 0 aromatic heterocycles. The quantitative estimate of drug-likeness (QED) is 0.756. The van der Waals surface area contributed by atoms with Crippen molar-refractivity contribution in [2.45, 2.75) is 32.4 Å². The summed E-state index contributed by atoms with van der Waals surface area (Å²) in [4.78, 5) is 15.0. The summed E-state index contributed by atoms with van der Waals surface area (Å²) in [7, 11) is 0. The Morgan fingerprint density at radius 3 is 2.97 bits per heavy atom. The first-order chi connectivity index (χ1) is 14.6. The molecule has 0 saturated carbocycles. The molecule has 0 bridgehead atoms. The number of nitrogens with zero attached hydrogens (tertiary/aromatic N) is 1. The van der Waals surface area contributed by atoms with Gasteiger partial charge < -0.3 is 15.2 Å². The van der Waals surface area contributed by atoms with Crippen LogP contribution in [-0.4, -0.2) is 35.6 Å². The summed E-state index contributed by atoms with van der Waals surface area (Å²) in [5.74, 6) is 0.460. The number of ether oxygens (including phenoxy) is 1. The van der Waals surface area contributed by atoms with Crippen molar-refractivity contribution < 1.29 is 19.0 Å². The highest BCUT2D eigenvalue weighted by atomic mass is 19.1. The average Bonchev–Trinajstić information content (AvgIpc) is 3.27. The minimum absolute atomic E-state index is 0.257. The van der Waals surface area contributed by atoms with Crippen LogP contribution in [0.4, 0.5) is 10.1 Å². The molecule has 5 nitrogen and oxygen atoms in total. The number of carbonyl (C=O) groups excluding carboxylic acids is 1. The molecule has 2 aromatic carbocycles. The fourth-order valence-electron chi connectivity index (χ4n) is 4.86. The highest BCUT2D eigenvalue weighted by Gasteiger charge is 2.33. The van der Waals surface area contributed by atoms with E-state index in [-0.39, 0.29) is 18.3 Å². The Labute approximate surface area is 175 Å². The van der Waals surface area contributed by atoms with Gasteiger partial charge in [-0.15, -0.1) is 0 Å². The first-order valence-corrected chi connectivity index (χ1v) is 10.6. The predicted octanol–water partition coefficient (Wildman–Crippen LogP) is 3.77. The van der Waals surface area contributed by atoms with Gasteiger partial charge in [-0.05, 0) is 55.5 Å². The SMILES string of the molecule is O=C1Nc2ccc(F)cc2/C1=C1\OCc2cc(CN3CCCC(CCO)C3)ccc21. The molecule has 30 heavy (non-hydrogen) atoms. The molecule has 2 aromatic rings. The number of rotatable bonds is 4. The number of fused-ring (bicyclic) bond motifs is 2. The maximum atomic E-state index is 13.8. The number of nitrogens with one attached hydrogen (secondary N) is 1. The van der Waals surface area contributed by atoms with Gasteiger partial charge in [0.1, 0.15) is 18.2 Å². The van der Waals surface area contributed by atoms with Crippen LogP contribution in [0.25, 0.3) is 11.3 Å². The van der Waals surface area contributed by atoms with E-state index in [4.69, 9.17) is 4.74 Å². The van der Waals surface area contributed by atoms with E-state index >= 15 is 0 Å². The van der Waals surface area contributed by atoms with Crippen molar-refractivity contribution in [3.63, 3.8) is 0 Å². The molecule has 3 aliphatic heterocycles. The molecular formula is C24H25FN2O3. The largest absolute Gasteiger partial charge is 0.487 e. The van der Waals surface area contributed by atoms with Crippen molar-refractivity contribution in [3.8, 4) is 0 Å². The number of hydrogen-bond acceptors (Lipinski definition) is 4.